The van der Waals surface area contributed by atoms with Crippen LogP contribution in [0.1, 0.15) is 373 Å². The van der Waals surface area contributed by atoms with E-state index in [1.165, 1.54) is 263 Å². The molecule has 0 amide bonds. The summed E-state index contributed by atoms with van der Waals surface area (Å²) in [6, 6.07) is 0. The Kier molecular flexibility index (Phi) is 46.6. The second kappa shape index (κ2) is 51.0. The fourth-order valence-electron chi connectivity index (χ4n) is 18.7. The highest BCUT2D eigenvalue weighted by Crippen LogP contribution is 2.44. The molecule has 22 atom stereocenters. The van der Waals surface area contributed by atoms with Crippen LogP contribution in [0.15, 0.2) is 0 Å². The van der Waals surface area contributed by atoms with Crippen molar-refractivity contribution in [3.05, 3.63) is 0 Å². The molecule has 4 aliphatic rings. The third kappa shape index (κ3) is 38.4. The van der Waals surface area contributed by atoms with E-state index in [0.29, 0.717) is 31.0 Å². The van der Waals surface area contributed by atoms with Crippen molar-refractivity contribution in [3.63, 3.8) is 0 Å². The average molecular weight is 1300 g/mol. The van der Waals surface area contributed by atoms with Crippen molar-refractivity contribution < 1.29 is 29.5 Å². The Bertz CT molecular complexity index is 1690. The first-order chi connectivity index (χ1) is 44.3. The van der Waals surface area contributed by atoms with Gasteiger partial charge in [-0.05, 0) is 189 Å². The molecule has 4 fully saturated rings. The molecule has 92 heavy (non-hydrogen) atoms. The number of hydrogen-bond donors (Lipinski definition) is 3. The van der Waals surface area contributed by atoms with Gasteiger partial charge in [-0.2, -0.15) is 0 Å². The van der Waals surface area contributed by atoms with Gasteiger partial charge in [-0.25, -0.2) is 0 Å². The van der Waals surface area contributed by atoms with Gasteiger partial charge in [0, 0.05) is 19.8 Å². The summed E-state index contributed by atoms with van der Waals surface area (Å²) >= 11 is 0. The highest BCUT2D eigenvalue weighted by atomic mass is 16.5. The van der Waals surface area contributed by atoms with E-state index in [-0.39, 0.29) is 25.9 Å². The van der Waals surface area contributed by atoms with Crippen LogP contribution >= 0.6 is 0 Å². The lowest BCUT2D eigenvalue weighted by molar-refractivity contribution is -0.0471. The number of aliphatic hydroxyl groups excluding tert-OH is 3. The first-order valence-electron chi connectivity index (χ1n) is 42.0. The van der Waals surface area contributed by atoms with Crippen LogP contribution in [-0.2, 0) is 14.2 Å². The minimum atomic E-state index is -0.743. The van der Waals surface area contributed by atoms with Crippen LogP contribution in [0.4, 0.5) is 0 Å². The standard InChI is InChI=1S/C86H166O6/c1-14-65(2)23-19-35-77-43-47-81(57-77)73(10)31-15-24-66(3)39-40-67(4)26-17-33-75(12)83-49-45-79(59-83)37-21-29-71(8)52-55-91-64-86(62-88)92-56-53-72(9)30-22-38-80-46-50-84(60-80)76(13)34-18-27-69(6)42-41-68(5)25-16-32-74(11)82-48-44-78(58-82)36-20-28-70(7)51-54-90-63-85(89)61-87/h65-89H,14-64H2,1-13H3/t65-,66+,67+,68+,69+,70-,71-,72-,73-,74-,75-,76-,77+,78+,79+,80+,81+,82+,83+,84+,85?,86?/m1/s1. The molecule has 4 rings (SSSR count). The third-order valence-electron chi connectivity index (χ3n) is 26.7. The summed E-state index contributed by atoms with van der Waals surface area (Å²) in [6.45, 7) is 35.2. The van der Waals surface area contributed by atoms with Gasteiger partial charge in [-0.1, -0.05) is 302 Å². The highest BCUT2D eigenvalue weighted by Gasteiger charge is 2.32. The largest absolute Gasteiger partial charge is 0.394 e. The molecule has 0 radical (unpaired) electrons. The van der Waals surface area contributed by atoms with Gasteiger partial charge in [-0.15, -0.1) is 0 Å². The molecule has 0 bridgehead atoms. The van der Waals surface area contributed by atoms with Crippen LogP contribution in [0, 0.1) is 118 Å². The van der Waals surface area contributed by atoms with Crippen LogP contribution in [0.25, 0.3) is 0 Å². The zero-order chi connectivity index (χ0) is 66.9. The molecule has 0 saturated heterocycles. The van der Waals surface area contributed by atoms with Gasteiger partial charge < -0.3 is 29.5 Å². The fraction of sp³-hybridized carbons (Fsp3) is 1.00. The fourth-order valence-corrected chi connectivity index (χ4v) is 18.7. The number of rotatable bonds is 59. The lowest BCUT2D eigenvalue weighted by Crippen LogP contribution is -2.25. The maximum Gasteiger partial charge on any atom is 0.104 e. The van der Waals surface area contributed by atoms with Gasteiger partial charge in [0.25, 0.3) is 0 Å². The smallest absolute Gasteiger partial charge is 0.104 e. The molecule has 0 aromatic rings. The average Bonchev–Trinajstić information content (AvgIpc) is 3.13. The molecular weight excluding hydrogens is 1130 g/mol. The quantitative estimate of drug-likeness (QED) is 0.0526. The van der Waals surface area contributed by atoms with Crippen molar-refractivity contribution in [3.8, 4) is 0 Å². The van der Waals surface area contributed by atoms with Crippen LogP contribution < -0.4 is 0 Å². The summed E-state index contributed by atoms with van der Waals surface area (Å²) in [4.78, 5) is 0. The monoisotopic (exact) mass is 1300 g/mol. The molecule has 0 aromatic carbocycles. The van der Waals surface area contributed by atoms with Crippen LogP contribution in [0.3, 0.4) is 0 Å². The van der Waals surface area contributed by atoms with Crippen molar-refractivity contribution in [2.75, 3.05) is 46.2 Å². The van der Waals surface area contributed by atoms with Gasteiger partial charge in [0.2, 0.25) is 0 Å². The third-order valence-corrected chi connectivity index (χ3v) is 26.7. The number of aliphatic hydroxyl groups is 3. The van der Waals surface area contributed by atoms with Crippen LogP contribution in [0.2, 0.25) is 0 Å². The first-order valence-corrected chi connectivity index (χ1v) is 42.0. The van der Waals surface area contributed by atoms with E-state index in [1.807, 2.05) is 0 Å². The molecular formula is C86H166O6. The molecule has 0 spiro atoms. The Morgan fingerprint density at radius 2 is 0.587 bits per heavy atom. The molecule has 4 saturated carbocycles. The molecule has 3 N–H and O–H groups in total. The molecule has 0 heterocycles. The van der Waals surface area contributed by atoms with E-state index < -0.39 is 6.10 Å². The Hall–Kier alpha value is -0.240. The zero-order valence-corrected chi connectivity index (χ0v) is 64.3. The van der Waals surface area contributed by atoms with Crippen LogP contribution in [0.5, 0.6) is 0 Å². The van der Waals surface area contributed by atoms with E-state index in [1.54, 1.807) is 0 Å². The molecule has 0 aromatic heterocycles. The topological polar surface area (TPSA) is 88.4 Å². The van der Waals surface area contributed by atoms with E-state index >= 15 is 0 Å². The molecule has 0 aliphatic heterocycles. The number of ether oxygens (including phenoxy) is 3. The van der Waals surface area contributed by atoms with E-state index in [2.05, 4.69) is 90.0 Å². The van der Waals surface area contributed by atoms with Crippen molar-refractivity contribution >= 4 is 0 Å². The van der Waals surface area contributed by atoms with Gasteiger partial charge in [0.15, 0.2) is 0 Å². The van der Waals surface area contributed by atoms with Crippen molar-refractivity contribution in [2.45, 2.75) is 385 Å². The Morgan fingerprint density at radius 3 is 0.891 bits per heavy atom. The van der Waals surface area contributed by atoms with Crippen LogP contribution in [-0.4, -0.2) is 73.8 Å². The lowest BCUT2D eigenvalue weighted by Gasteiger charge is -2.22. The molecule has 4 aliphatic carbocycles. The van der Waals surface area contributed by atoms with E-state index in [9.17, 15) is 10.2 Å². The minimum Gasteiger partial charge on any atom is -0.394 e. The second-order valence-electron chi connectivity index (χ2n) is 35.5. The molecule has 2 unspecified atom stereocenters. The highest BCUT2D eigenvalue weighted by molar-refractivity contribution is 4.84. The predicted molar refractivity (Wildman–Crippen MR) is 398 cm³/mol. The van der Waals surface area contributed by atoms with Crippen molar-refractivity contribution in [1.29, 1.82) is 0 Å². The summed E-state index contributed by atoms with van der Waals surface area (Å²) < 4.78 is 17.8. The summed E-state index contributed by atoms with van der Waals surface area (Å²) in [5, 5.41) is 28.5. The van der Waals surface area contributed by atoms with Crippen molar-refractivity contribution in [2.24, 2.45) is 118 Å². The summed E-state index contributed by atoms with van der Waals surface area (Å²) in [7, 11) is 0. The van der Waals surface area contributed by atoms with Crippen molar-refractivity contribution in [1.82, 2.24) is 0 Å². The number of hydrogen-bond acceptors (Lipinski definition) is 6. The molecule has 546 valence electrons. The van der Waals surface area contributed by atoms with E-state index in [4.69, 9.17) is 19.3 Å². The molecule has 6 heteroatoms. The van der Waals surface area contributed by atoms with Gasteiger partial charge in [0.1, 0.15) is 12.2 Å². The minimum absolute atomic E-state index is 0.0494. The SMILES string of the molecule is CC[C@@H](C)CCC[C@H]1CC[C@H]([C@H](C)CCC[C@H](C)CC[C@@H](C)CCC[C@@H](C)[C@H]2CC[C@H](CCC[C@@H](C)CCOCC(CO)OCC[C@H](C)CCC[C@H]3CC[C@H]([C@H](C)CCC[C@H](C)CC[C@@H](C)CCC[C@@H](C)[C@H]4CC[C@H](CCC[C@@H](C)CCOCC(O)CO)C4)C3)C2)C1. The zero-order valence-electron chi connectivity index (χ0n) is 64.3. The predicted octanol–water partition coefficient (Wildman–Crippen LogP) is 24.6. The Morgan fingerprint density at radius 1 is 0.304 bits per heavy atom. The van der Waals surface area contributed by atoms with E-state index in [0.717, 1.165) is 133 Å². The van der Waals surface area contributed by atoms with Gasteiger partial charge in [-0.3, -0.25) is 0 Å². The lowest BCUT2D eigenvalue weighted by atomic mass is 9.84. The first kappa shape index (κ1) is 84.2. The summed E-state index contributed by atoms with van der Waals surface area (Å²) in [5.41, 5.74) is 0. The normalized spacial score (nSPS) is 26.7. The molecule has 6 nitrogen and oxygen atoms in total. The maximum absolute atomic E-state index is 10.1. The Balaban J connectivity index is 0.895. The maximum atomic E-state index is 10.1. The van der Waals surface area contributed by atoms with Gasteiger partial charge >= 0.3 is 0 Å². The second-order valence-corrected chi connectivity index (χ2v) is 35.5. The summed E-state index contributed by atoms with van der Waals surface area (Å²) in [6.07, 6.45) is 61.0. The Labute approximate surface area is 575 Å². The summed E-state index contributed by atoms with van der Waals surface area (Å²) in [5.74, 6) is 17.9. The van der Waals surface area contributed by atoms with Gasteiger partial charge in [0.05, 0.1) is 26.4 Å².